The maximum Gasteiger partial charge on any atom is 0.320 e. The van der Waals surface area contributed by atoms with Gasteiger partial charge in [-0.1, -0.05) is 0 Å². The third-order valence-corrected chi connectivity index (χ3v) is 2.09. The second kappa shape index (κ2) is 3.23. The molecule has 2 rings (SSSR count). The predicted molar refractivity (Wildman–Crippen MR) is 55.9 cm³/mol. The molecule has 0 amide bonds. The summed E-state index contributed by atoms with van der Waals surface area (Å²) in [6, 6.07) is 1.79. The van der Waals surface area contributed by atoms with E-state index in [-0.39, 0.29) is 17.4 Å². The molecule has 0 bridgehead atoms. The average Bonchev–Trinajstić information content (AvgIpc) is 2.21. The zero-order valence-corrected chi connectivity index (χ0v) is 8.37. The van der Waals surface area contributed by atoms with Gasteiger partial charge in [-0.25, -0.2) is 0 Å². The number of ether oxygens (including phenoxy) is 1. The summed E-state index contributed by atoms with van der Waals surface area (Å²) in [7, 11) is 1.44. The summed E-state index contributed by atoms with van der Waals surface area (Å²) in [5.41, 5.74) is 6.46. The second-order valence-corrected chi connectivity index (χ2v) is 3.14. The Morgan fingerprint density at radius 1 is 1.47 bits per heavy atom. The number of hydrogen-bond donors (Lipinski definition) is 2. The third kappa shape index (κ3) is 1.50. The average molecular weight is 206 g/mol. The van der Waals surface area contributed by atoms with Gasteiger partial charge in [0, 0.05) is 5.56 Å². The zero-order chi connectivity index (χ0) is 11.0. The van der Waals surface area contributed by atoms with Gasteiger partial charge >= 0.3 is 6.01 Å². The van der Waals surface area contributed by atoms with Gasteiger partial charge in [0.1, 0.15) is 11.5 Å². The first-order valence-corrected chi connectivity index (χ1v) is 4.33. The van der Waals surface area contributed by atoms with E-state index in [0.29, 0.717) is 16.6 Å². The minimum atomic E-state index is -0.192. The molecule has 0 aliphatic rings. The largest absolute Gasteiger partial charge is 0.467 e. The number of aromatic nitrogens is 3. The van der Waals surface area contributed by atoms with Crippen LogP contribution in [0.1, 0.15) is 5.56 Å². The van der Waals surface area contributed by atoms with Crippen LogP contribution in [-0.2, 0) is 0 Å². The molecule has 0 fully saturated rings. The van der Waals surface area contributed by atoms with Crippen molar-refractivity contribution < 1.29 is 4.74 Å². The highest BCUT2D eigenvalue weighted by Gasteiger charge is 2.07. The lowest BCUT2D eigenvalue weighted by Gasteiger charge is -2.03. The number of H-pyrrole nitrogens is 1. The van der Waals surface area contributed by atoms with Gasteiger partial charge in [-0.15, -0.1) is 0 Å². The van der Waals surface area contributed by atoms with Crippen LogP contribution in [-0.4, -0.2) is 22.1 Å². The number of aryl methyl sites for hydroxylation is 1. The molecule has 3 N–H and O–H groups in total. The molecule has 6 nitrogen and oxygen atoms in total. The van der Waals surface area contributed by atoms with Crippen molar-refractivity contribution in [2.24, 2.45) is 0 Å². The lowest BCUT2D eigenvalue weighted by atomic mass is 10.2. The molecule has 0 saturated heterocycles. The van der Waals surface area contributed by atoms with Crippen molar-refractivity contribution in [3.8, 4) is 6.01 Å². The fraction of sp³-hybridized carbons (Fsp3) is 0.222. The zero-order valence-electron chi connectivity index (χ0n) is 8.37. The fourth-order valence-electron chi connectivity index (χ4n) is 1.28. The molecule has 0 saturated carbocycles. The van der Waals surface area contributed by atoms with Crippen LogP contribution >= 0.6 is 0 Å². The molecule has 0 aliphatic carbocycles. The lowest BCUT2D eigenvalue weighted by Crippen LogP contribution is -2.11. The Kier molecular flexibility index (Phi) is 2.03. The number of methoxy groups -OCH3 is 1. The van der Waals surface area contributed by atoms with Crippen LogP contribution in [0.3, 0.4) is 0 Å². The number of nitrogens with zero attached hydrogens (tertiary/aromatic N) is 2. The van der Waals surface area contributed by atoms with E-state index in [1.165, 1.54) is 7.11 Å². The smallest absolute Gasteiger partial charge is 0.320 e. The number of pyridine rings is 1. The van der Waals surface area contributed by atoms with Gasteiger partial charge in [0.2, 0.25) is 0 Å². The van der Waals surface area contributed by atoms with Crippen LogP contribution < -0.4 is 16.0 Å². The highest BCUT2D eigenvalue weighted by Crippen LogP contribution is 2.17. The van der Waals surface area contributed by atoms with Crippen molar-refractivity contribution in [3.05, 3.63) is 22.0 Å². The van der Waals surface area contributed by atoms with Gasteiger partial charge in [0.15, 0.2) is 0 Å². The van der Waals surface area contributed by atoms with E-state index in [0.717, 1.165) is 0 Å². The lowest BCUT2D eigenvalue weighted by molar-refractivity contribution is 0.382. The fourth-order valence-corrected chi connectivity index (χ4v) is 1.28. The summed E-state index contributed by atoms with van der Waals surface area (Å²) in [6.45, 7) is 1.70. The number of aromatic amines is 1. The number of nitrogen functional groups attached to an aromatic ring is 1. The second-order valence-electron chi connectivity index (χ2n) is 3.14. The van der Waals surface area contributed by atoms with Crippen LogP contribution in [0, 0.1) is 6.92 Å². The van der Waals surface area contributed by atoms with E-state index >= 15 is 0 Å². The standard InChI is InChI=1S/C9H10N4O2/c1-4-3-5-6(10)11-9(15-2)13-7(5)12-8(4)14/h3H,1-2H3,(H3,10,11,12,13,14). The number of nitrogens with two attached hydrogens (primary N) is 1. The van der Waals surface area contributed by atoms with Crippen molar-refractivity contribution in [2.75, 3.05) is 12.8 Å². The first kappa shape index (κ1) is 9.45. The molecule has 0 atom stereocenters. The molecule has 15 heavy (non-hydrogen) atoms. The molecule has 0 aliphatic heterocycles. The molecule has 6 heteroatoms. The number of hydrogen-bond acceptors (Lipinski definition) is 5. The minimum Gasteiger partial charge on any atom is -0.467 e. The molecular formula is C9H10N4O2. The summed E-state index contributed by atoms with van der Waals surface area (Å²) in [5.74, 6) is 0.288. The molecule has 2 aromatic heterocycles. The Bertz CT molecular complexity index is 576. The van der Waals surface area contributed by atoms with Crippen molar-refractivity contribution in [3.63, 3.8) is 0 Å². The molecule has 2 aromatic rings. The Morgan fingerprint density at radius 2 is 2.20 bits per heavy atom. The maximum absolute atomic E-state index is 11.3. The number of fused-ring (bicyclic) bond motifs is 1. The molecule has 78 valence electrons. The highest BCUT2D eigenvalue weighted by atomic mass is 16.5. The molecule has 2 heterocycles. The van der Waals surface area contributed by atoms with Gasteiger partial charge in [0.25, 0.3) is 5.56 Å². The molecule has 0 spiro atoms. The monoisotopic (exact) mass is 206 g/mol. The highest BCUT2D eigenvalue weighted by molar-refractivity contribution is 5.85. The molecule has 0 aromatic carbocycles. The summed E-state index contributed by atoms with van der Waals surface area (Å²) in [5, 5.41) is 0.618. The summed E-state index contributed by atoms with van der Waals surface area (Å²) >= 11 is 0. The summed E-state index contributed by atoms with van der Waals surface area (Å²) in [6.07, 6.45) is 0. The summed E-state index contributed by atoms with van der Waals surface area (Å²) in [4.78, 5) is 21.9. The van der Waals surface area contributed by atoms with E-state index in [9.17, 15) is 4.79 Å². The van der Waals surface area contributed by atoms with Crippen LogP contribution in [0.5, 0.6) is 6.01 Å². The van der Waals surface area contributed by atoms with Gasteiger partial charge in [-0.2, -0.15) is 9.97 Å². The van der Waals surface area contributed by atoms with Crippen molar-refractivity contribution >= 4 is 16.9 Å². The van der Waals surface area contributed by atoms with Crippen LogP contribution in [0.2, 0.25) is 0 Å². The van der Waals surface area contributed by atoms with Gasteiger partial charge < -0.3 is 15.5 Å². The molecule has 0 unspecified atom stereocenters. The minimum absolute atomic E-state index is 0.138. The quantitative estimate of drug-likeness (QED) is 0.695. The van der Waals surface area contributed by atoms with Crippen LogP contribution in [0.25, 0.3) is 11.0 Å². The van der Waals surface area contributed by atoms with E-state index in [1.54, 1.807) is 13.0 Å². The topological polar surface area (TPSA) is 93.9 Å². The van der Waals surface area contributed by atoms with Crippen LogP contribution in [0.4, 0.5) is 5.82 Å². The predicted octanol–water partition coefficient (Wildman–Crippen LogP) is 0.217. The van der Waals surface area contributed by atoms with E-state index in [1.807, 2.05) is 0 Å². The van der Waals surface area contributed by atoms with Crippen molar-refractivity contribution in [1.29, 1.82) is 0 Å². The van der Waals surface area contributed by atoms with E-state index < -0.39 is 0 Å². The first-order valence-electron chi connectivity index (χ1n) is 4.33. The number of anilines is 1. The van der Waals surface area contributed by atoms with Gasteiger partial charge in [0.05, 0.1) is 12.5 Å². The first-order chi connectivity index (χ1) is 7.11. The third-order valence-electron chi connectivity index (χ3n) is 2.09. The van der Waals surface area contributed by atoms with Crippen LogP contribution in [0.15, 0.2) is 10.9 Å². The Labute approximate surface area is 85.1 Å². The number of rotatable bonds is 1. The SMILES string of the molecule is COc1nc(N)c2cc(C)c(=O)[nH]c2n1. The number of nitrogens with one attached hydrogen (secondary N) is 1. The Morgan fingerprint density at radius 3 is 2.87 bits per heavy atom. The Balaban J connectivity index is 2.86. The van der Waals surface area contributed by atoms with Gasteiger partial charge in [-0.05, 0) is 13.0 Å². The normalized spacial score (nSPS) is 10.5. The van der Waals surface area contributed by atoms with E-state index in [4.69, 9.17) is 10.5 Å². The molecular weight excluding hydrogens is 196 g/mol. The molecule has 0 radical (unpaired) electrons. The van der Waals surface area contributed by atoms with E-state index in [2.05, 4.69) is 15.0 Å². The van der Waals surface area contributed by atoms with Gasteiger partial charge in [-0.3, -0.25) is 4.79 Å². The summed E-state index contributed by atoms with van der Waals surface area (Å²) < 4.78 is 4.85. The Hall–Kier alpha value is -2.11. The van der Waals surface area contributed by atoms with Crippen molar-refractivity contribution in [2.45, 2.75) is 6.92 Å². The van der Waals surface area contributed by atoms with Crippen molar-refractivity contribution in [1.82, 2.24) is 15.0 Å². The maximum atomic E-state index is 11.3.